The molecule has 1 saturated carbocycles. The molecular weight excluding hydrogens is 188 g/mol. The van der Waals surface area contributed by atoms with Crippen LogP contribution in [0.3, 0.4) is 0 Å². The van der Waals surface area contributed by atoms with Crippen molar-refractivity contribution in [1.29, 1.82) is 0 Å². The number of H-pyrrole nitrogens is 1. The zero-order valence-electron chi connectivity index (χ0n) is 7.19. The number of anilines is 1. The van der Waals surface area contributed by atoms with Crippen LogP contribution in [0.2, 0.25) is 0 Å². The van der Waals surface area contributed by atoms with Crippen molar-refractivity contribution in [2.75, 3.05) is 5.73 Å². The molecule has 1 heterocycles. The van der Waals surface area contributed by atoms with Gasteiger partial charge in [0.1, 0.15) is 5.82 Å². The third kappa shape index (κ3) is 1.13. The molecule has 14 heavy (non-hydrogen) atoms. The van der Waals surface area contributed by atoms with Crippen LogP contribution < -0.4 is 17.0 Å². The van der Waals surface area contributed by atoms with Crippen molar-refractivity contribution in [2.24, 2.45) is 5.18 Å². The Morgan fingerprint density at radius 2 is 2.07 bits per heavy atom. The lowest BCUT2D eigenvalue weighted by atomic mass is 10.4. The van der Waals surface area contributed by atoms with Crippen molar-refractivity contribution in [3.05, 3.63) is 25.7 Å². The minimum atomic E-state index is -0.834. The van der Waals surface area contributed by atoms with E-state index in [4.69, 9.17) is 5.73 Å². The maximum Gasteiger partial charge on any atom is 0.330 e. The molecule has 0 atom stereocenters. The molecule has 1 aromatic rings. The SMILES string of the molecule is Nc1c(N=O)c(=O)[nH]c(=O)n1C1CC1. The van der Waals surface area contributed by atoms with Gasteiger partial charge < -0.3 is 5.73 Å². The fourth-order valence-corrected chi connectivity index (χ4v) is 1.34. The van der Waals surface area contributed by atoms with Gasteiger partial charge in [-0.05, 0) is 18.0 Å². The highest BCUT2D eigenvalue weighted by Gasteiger charge is 2.28. The third-order valence-electron chi connectivity index (χ3n) is 2.16. The maximum absolute atomic E-state index is 11.3. The van der Waals surface area contributed by atoms with E-state index in [1.54, 1.807) is 0 Å². The number of nitrogens with one attached hydrogen (secondary N) is 1. The van der Waals surface area contributed by atoms with Crippen molar-refractivity contribution in [3.8, 4) is 0 Å². The predicted molar refractivity (Wildman–Crippen MR) is 49.5 cm³/mol. The summed E-state index contributed by atoms with van der Waals surface area (Å²) in [7, 11) is 0. The number of nitrogens with two attached hydrogens (primary N) is 1. The van der Waals surface area contributed by atoms with Gasteiger partial charge in [-0.25, -0.2) is 4.79 Å². The van der Waals surface area contributed by atoms with E-state index in [1.807, 2.05) is 4.98 Å². The quantitative estimate of drug-likeness (QED) is 0.640. The fourth-order valence-electron chi connectivity index (χ4n) is 1.34. The molecule has 2 rings (SSSR count). The first-order valence-corrected chi connectivity index (χ1v) is 4.13. The molecule has 74 valence electrons. The Labute approximate surface area is 77.5 Å². The van der Waals surface area contributed by atoms with Crippen molar-refractivity contribution >= 4 is 11.5 Å². The van der Waals surface area contributed by atoms with Gasteiger partial charge in [0.15, 0.2) is 0 Å². The second-order valence-electron chi connectivity index (χ2n) is 3.19. The Morgan fingerprint density at radius 1 is 1.43 bits per heavy atom. The van der Waals surface area contributed by atoms with Crippen LogP contribution in [0.15, 0.2) is 14.8 Å². The average molecular weight is 196 g/mol. The molecular formula is C7H8N4O3. The van der Waals surface area contributed by atoms with Gasteiger partial charge in [-0.2, -0.15) is 0 Å². The maximum atomic E-state index is 11.3. The largest absolute Gasteiger partial charge is 0.383 e. The van der Waals surface area contributed by atoms with Crippen LogP contribution in [-0.2, 0) is 0 Å². The van der Waals surface area contributed by atoms with Crippen LogP contribution >= 0.6 is 0 Å². The number of aromatic nitrogens is 2. The molecule has 0 unspecified atom stereocenters. The summed E-state index contributed by atoms with van der Waals surface area (Å²) >= 11 is 0. The minimum absolute atomic E-state index is 0.000139. The smallest absolute Gasteiger partial charge is 0.330 e. The first kappa shape index (κ1) is 8.67. The zero-order valence-corrected chi connectivity index (χ0v) is 7.19. The summed E-state index contributed by atoms with van der Waals surface area (Å²) in [5.41, 5.74) is 3.65. The third-order valence-corrected chi connectivity index (χ3v) is 2.16. The van der Waals surface area contributed by atoms with E-state index < -0.39 is 16.9 Å². The summed E-state index contributed by atoms with van der Waals surface area (Å²) in [5, 5.41) is 2.50. The molecule has 1 aromatic heterocycles. The first-order valence-electron chi connectivity index (χ1n) is 4.13. The van der Waals surface area contributed by atoms with Crippen LogP contribution in [0.4, 0.5) is 11.5 Å². The van der Waals surface area contributed by atoms with Crippen LogP contribution in [0.5, 0.6) is 0 Å². The fraction of sp³-hybridized carbons (Fsp3) is 0.429. The summed E-state index contributed by atoms with van der Waals surface area (Å²) in [6.45, 7) is 0. The summed E-state index contributed by atoms with van der Waals surface area (Å²) in [4.78, 5) is 34.6. The lowest BCUT2D eigenvalue weighted by Crippen LogP contribution is -2.31. The Balaban J connectivity index is 2.76. The molecule has 0 aliphatic heterocycles. The molecule has 3 N–H and O–H groups in total. The summed E-state index contributed by atoms with van der Waals surface area (Å²) < 4.78 is 1.21. The van der Waals surface area contributed by atoms with Crippen LogP contribution in [0.25, 0.3) is 0 Å². The second kappa shape index (κ2) is 2.79. The Hall–Kier alpha value is -1.92. The van der Waals surface area contributed by atoms with E-state index in [1.165, 1.54) is 4.57 Å². The van der Waals surface area contributed by atoms with Gasteiger partial charge in [0, 0.05) is 6.04 Å². The highest BCUT2D eigenvalue weighted by atomic mass is 16.3. The molecule has 0 radical (unpaired) electrons. The topological polar surface area (TPSA) is 110 Å². The van der Waals surface area contributed by atoms with Gasteiger partial charge in [-0.15, -0.1) is 4.91 Å². The Kier molecular flexibility index (Phi) is 1.73. The molecule has 0 amide bonds. The van der Waals surface area contributed by atoms with Gasteiger partial charge in [-0.3, -0.25) is 14.3 Å². The van der Waals surface area contributed by atoms with Gasteiger partial charge in [0.05, 0.1) is 0 Å². The molecule has 7 nitrogen and oxygen atoms in total. The van der Waals surface area contributed by atoms with Crippen LogP contribution in [0.1, 0.15) is 18.9 Å². The van der Waals surface area contributed by atoms with E-state index in [-0.39, 0.29) is 11.9 Å². The molecule has 0 aromatic carbocycles. The van der Waals surface area contributed by atoms with Gasteiger partial charge in [-0.1, -0.05) is 0 Å². The van der Waals surface area contributed by atoms with Crippen molar-refractivity contribution in [2.45, 2.75) is 18.9 Å². The molecule has 0 spiro atoms. The number of nitrogen functional groups attached to an aromatic ring is 1. The predicted octanol–water partition coefficient (Wildman–Crippen LogP) is -0.148. The lowest BCUT2D eigenvalue weighted by Gasteiger charge is -2.06. The molecule has 1 fully saturated rings. The zero-order chi connectivity index (χ0) is 10.3. The highest BCUT2D eigenvalue weighted by Crippen LogP contribution is 2.36. The number of hydrogen-bond acceptors (Lipinski definition) is 5. The molecule has 0 bridgehead atoms. The minimum Gasteiger partial charge on any atom is -0.383 e. The summed E-state index contributed by atoms with van der Waals surface area (Å²) in [6.07, 6.45) is 1.66. The average Bonchev–Trinajstić information content (AvgIpc) is 2.88. The number of nitrogens with zero attached hydrogens (tertiary/aromatic N) is 2. The first-order chi connectivity index (χ1) is 6.65. The number of nitroso groups, excluding NO2 is 1. The number of rotatable bonds is 2. The van der Waals surface area contributed by atoms with E-state index in [0.29, 0.717) is 0 Å². The van der Waals surface area contributed by atoms with Crippen molar-refractivity contribution < 1.29 is 0 Å². The van der Waals surface area contributed by atoms with Crippen LogP contribution in [-0.4, -0.2) is 9.55 Å². The standard InChI is InChI=1S/C7H8N4O3/c8-5-4(10-14)6(12)9-7(13)11(5)3-1-2-3/h3H,1-2,8H2,(H,9,12,13). The number of aromatic amines is 1. The summed E-state index contributed by atoms with van der Waals surface area (Å²) in [5.74, 6) is -0.142. The normalized spacial score (nSPS) is 15.4. The van der Waals surface area contributed by atoms with Crippen LogP contribution in [0, 0.1) is 4.91 Å². The van der Waals surface area contributed by atoms with Crippen molar-refractivity contribution in [3.63, 3.8) is 0 Å². The molecule has 1 aliphatic rings. The van der Waals surface area contributed by atoms with Gasteiger partial charge in [0.2, 0.25) is 5.69 Å². The number of hydrogen-bond donors (Lipinski definition) is 2. The second-order valence-corrected chi connectivity index (χ2v) is 3.19. The molecule has 1 aliphatic carbocycles. The highest BCUT2D eigenvalue weighted by molar-refractivity contribution is 5.56. The monoisotopic (exact) mass is 196 g/mol. The summed E-state index contributed by atoms with van der Waals surface area (Å²) in [6, 6.07) is -0.000139. The van der Waals surface area contributed by atoms with Crippen molar-refractivity contribution in [1.82, 2.24) is 9.55 Å². The Bertz CT molecular complexity index is 497. The Morgan fingerprint density at radius 3 is 2.57 bits per heavy atom. The molecule has 7 heteroatoms. The van der Waals surface area contributed by atoms with E-state index in [2.05, 4.69) is 5.18 Å². The van der Waals surface area contributed by atoms with Gasteiger partial charge >= 0.3 is 5.69 Å². The lowest BCUT2D eigenvalue weighted by molar-refractivity contribution is 0.688. The van der Waals surface area contributed by atoms with E-state index >= 15 is 0 Å². The van der Waals surface area contributed by atoms with Gasteiger partial charge in [0.25, 0.3) is 5.56 Å². The molecule has 0 saturated heterocycles. The van der Waals surface area contributed by atoms with E-state index in [9.17, 15) is 14.5 Å². The van der Waals surface area contributed by atoms with E-state index in [0.717, 1.165) is 12.8 Å².